The monoisotopic (exact) mass is 358 g/mol. The fraction of sp³-hybridized carbons (Fsp3) is 0.316. The first-order chi connectivity index (χ1) is 12.0. The van der Waals surface area contributed by atoms with Crippen LogP contribution in [0.1, 0.15) is 15.9 Å². The van der Waals surface area contributed by atoms with Crippen LogP contribution in [0.25, 0.3) is 0 Å². The van der Waals surface area contributed by atoms with E-state index in [-0.39, 0.29) is 5.91 Å². The second-order valence-corrected chi connectivity index (χ2v) is 6.86. The molecule has 0 radical (unpaired) electrons. The third-order valence-corrected chi connectivity index (χ3v) is 4.91. The van der Waals surface area contributed by atoms with Crippen molar-refractivity contribution in [3.05, 3.63) is 52.5 Å². The Hall–Kier alpha value is -2.24. The smallest absolute Gasteiger partial charge is 0.255 e. The van der Waals surface area contributed by atoms with Gasteiger partial charge in [0, 0.05) is 31.7 Å². The molecule has 0 atom stereocenters. The average Bonchev–Trinajstić information content (AvgIpc) is 2.58. The molecule has 25 heavy (non-hydrogen) atoms. The van der Waals surface area contributed by atoms with Gasteiger partial charge in [0.1, 0.15) is 0 Å². The van der Waals surface area contributed by atoms with Gasteiger partial charge in [0.2, 0.25) is 0 Å². The zero-order chi connectivity index (χ0) is 18.0. The van der Waals surface area contributed by atoms with Crippen LogP contribution in [-0.2, 0) is 0 Å². The minimum absolute atomic E-state index is 0.172. The van der Waals surface area contributed by atoms with Crippen molar-refractivity contribution in [3.8, 4) is 0 Å². The van der Waals surface area contributed by atoms with Crippen LogP contribution in [0.2, 0.25) is 5.02 Å². The molecule has 1 heterocycles. The van der Waals surface area contributed by atoms with E-state index in [1.807, 2.05) is 31.2 Å². The van der Waals surface area contributed by atoms with Gasteiger partial charge in [-0.15, -0.1) is 0 Å². The number of anilines is 3. The molecule has 3 N–H and O–H groups in total. The molecule has 0 bridgehead atoms. The number of halogens is 1. The Kier molecular flexibility index (Phi) is 5.16. The zero-order valence-electron chi connectivity index (χ0n) is 14.6. The Balaban J connectivity index is 1.85. The Morgan fingerprint density at radius 2 is 1.84 bits per heavy atom. The fourth-order valence-electron chi connectivity index (χ4n) is 3.01. The van der Waals surface area contributed by atoms with Crippen molar-refractivity contribution in [1.82, 2.24) is 4.90 Å². The summed E-state index contributed by atoms with van der Waals surface area (Å²) >= 11 is 6.31. The van der Waals surface area contributed by atoms with Crippen molar-refractivity contribution in [2.45, 2.75) is 6.92 Å². The molecule has 1 saturated heterocycles. The molecule has 1 aliphatic rings. The van der Waals surface area contributed by atoms with Gasteiger partial charge in [0.15, 0.2) is 0 Å². The van der Waals surface area contributed by atoms with Gasteiger partial charge in [-0.1, -0.05) is 29.8 Å². The topological polar surface area (TPSA) is 61.6 Å². The molecular formula is C19H23ClN4O. The SMILES string of the molecule is Cc1ccccc1C(=O)Nc1cc(N2CCN(C)CC2)c(N)cc1Cl. The molecule has 0 saturated carbocycles. The number of likely N-dealkylation sites (N-methyl/N-ethyl adjacent to an activating group) is 1. The summed E-state index contributed by atoms with van der Waals surface area (Å²) in [4.78, 5) is 17.1. The Morgan fingerprint density at radius 3 is 2.52 bits per heavy atom. The number of benzene rings is 2. The van der Waals surface area contributed by atoms with Gasteiger partial charge in [-0.3, -0.25) is 4.79 Å². The molecule has 2 aromatic carbocycles. The van der Waals surface area contributed by atoms with E-state index in [0.29, 0.717) is 22.0 Å². The van der Waals surface area contributed by atoms with E-state index < -0.39 is 0 Å². The van der Waals surface area contributed by atoms with Gasteiger partial charge < -0.3 is 20.9 Å². The van der Waals surface area contributed by atoms with Crippen molar-refractivity contribution >= 4 is 34.6 Å². The number of nitrogens with zero attached hydrogens (tertiary/aromatic N) is 2. The zero-order valence-corrected chi connectivity index (χ0v) is 15.3. The van der Waals surface area contributed by atoms with E-state index in [0.717, 1.165) is 37.4 Å². The van der Waals surface area contributed by atoms with Crippen molar-refractivity contribution in [2.24, 2.45) is 0 Å². The second-order valence-electron chi connectivity index (χ2n) is 6.45. The predicted molar refractivity (Wildman–Crippen MR) is 105 cm³/mol. The number of aryl methyl sites for hydroxylation is 1. The largest absolute Gasteiger partial charge is 0.397 e. The van der Waals surface area contributed by atoms with Crippen LogP contribution in [0.15, 0.2) is 36.4 Å². The van der Waals surface area contributed by atoms with Gasteiger partial charge in [-0.05, 0) is 37.7 Å². The molecule has 0 aliphatic carbocycles. The summed E-state index contributed by atoms with van der Waals surface area (Å²) in [6, 6.07) is 11.1. The minimum Gasteiger partial charge on any atom is -0.397 e. The summed E-state index contributed by atoms with van der Waals surface area (Å²) < 4.78 is 0. The number of rotatable bonds is 3. The van der Waals surface area contributed by atoms with Gasteiger partial charge in [0.05, 0.1) is 22.1 Å². The van der Waals surface area contributed by atoms with Crippen LogP contribution < -0.4 is 16.0 Å². The predicted octanol–water partition coefficient (Wildman–Crippen LogP) is 3.23. The van der Waals surface area contributed by atoms with Crippen LogP contribution in [0.4, 0.5) is 17.1 Å². The molecule has 0 spiro atoms. The minimum atomic E-state index is -0.172. The summed E-state index contributed by atoms with van der Waals surface area (Å²) in [6.45, 7) is 5.66. The molecule has 6 heteroatoms. The number of amides is 1. The number of nitrogens with one attached hydrogen (secondary N) is 1. The van der Waals surface area contributed by atoms with Crippen LogP contribution in [0, 0.1) is 6.92 Å². The maximum Gasteiger partial charge on any atom is 0.255 e. The fourth-order valence-corrected chi connectivity index (χ4v) is 3.23. The molecule has 1 fully saturated rings. The highest BCUT2D eigenvalue weighted by Crippen LogP contribution is 2.34. The van der Waals surface area contributed by atoms with Gasteiger partial charge in [-0.2, -0.15) is 0 Å². The molecule has 5 nitrogen and oxygen atoms in total. The summed E-state index contributed by atoms with van der Waals surface area (Å²) in [5.41, 5.74) is 9.85. The molecule has 0 aromatic heterocycles. The quantitative estimate of drug-likeness (QED) is 0.827. The number of hydrogen-bond acceptors (Lipinski definition) is 4. The van der Waals surface area contributed by atoms with Crippen LogP contribution in [-0.4, -0.2) is 44.0 Å². The molecule has 132 valence electrons. The van der Waals surface area contributed by atoms with E-state index in [9.17, 15) is 4.79 Å². The summed E-state index contributed by atoms with van der Waals surface area (Å²) in [5, 5.41) is 3.36. The third-order valence-electron chi connectivity index (χ3n) is 4.60. The van der Waals surface area contributed by atoms with E-state index in [2.05, 4.69) is 22.2 Å². The maximum absolute atomic E-state index is 12.6. The first kappa shape index (κ1) is 17.6. The van der Waals surface area contributed by atoms with Crippen molar-refractivity contribution < 1.29 is 4.79 Å². The third kappa shape index (κ3) is 3.89. The van der Waals surface area contributed by atoms with Crippen LogP contribution >= 0.6 is 11.6 Å². The highest BCUT2D eigenvalue weighted by Gasteiger charge is 2.19. The Bertz CT molecular complexity index is 785. The number of carbonyl (C=O) groups excluding carboxylic acids is 1. The van der Waals surface area contributed by atoms with Crippen LogP contribution in [0.5, 0.6) is 0 Å². The van der Waals surface area contributed by atoms with E-state index >= 15 is 0 Å². The molecule has 3 rings (SSSR count). The first-order valence-electron chi connectivity index (χ1n) is 8.35. The number of piperazine rings is 1. The highest BCUT2D eigenvalue weighted by molar-refractivity contribution is 6.34. The van der Waals surface area contributed by atoms with Crippen molar-refractivity contribution in [1.29, 1.82) is 0 Å². The summed E-state index contributed by atoms with van der Waals surface area (Å²) in [7, 11) is 2.11. The molecule has 1 amide bonds. The number of nitrogen functional groups attached to an aromatic ring is 1. The van der Waals surface area contributed by atoms with Gasteiger partial charge >= 0.3 is 0 Å². The highest BCUT2D eigenvalue weighted by atomic mass is 35.5. The number of carbonyl (C=O) groups is 1. The molecule has 2 aromatic rings. The summed E-state index contributed by atoms with van der Waals surface area (Å²) in [6.07, 6.45) is 0. The number of nitrogens with two attached hydrogens (primary N) is 1. The second kappa shape index (κ2) is 7.33. The van der Waals surface area contributed by atoms with E-state index in [1.54, 1.807) is 12.1 Å². The standard InChI is InChI=1S/C19H23ClN4O/c1-13-5-3-4-6-14(13)19(25)22-17-12-18(16(21)11-15(17)20)24-9-7-23(2)8-10-24/h3-6,11-12H,7-10,21H2,1-2H3,(H,22,25). The van der Waals surface area contributed by atoms with Crippen molar-refractivity contribution in [2.75, 3.05) is 49.2 Å². The van der Waals surface area contributed by atoms with E-state index in [1.165, 1.54) is 0 Å². The lowest BCUT2D eigenvalue weighted by Gasteiger charge is -2.35. The number of hydrogen-bond donors (Lipinski definition) is 2. The first-order valence-corrected chi connectivity index (χ1v) is 8.73. The maximum atomic E-state index is 12.6. The molecule has 1 aliphatic heterocycles. The average molecular weight is 359 g/mol. The lowest BCUT2D eigenvalue weighted by molar-refractivity contribution is 0.102. The molecular weight excluding hydrogens is 336 g/mol. The Labute approximate surface area is 153 Å². The Morgan fingerprint density at radius 1 is 1.16 bits per heavy atom. The lowest BCUT2D eigenvalue weighted by Crippen LogP contribution is -2.44. The van der Waals surface area contributed by atoms with Crippen LogP contribution in [0.3, 0.4) is 0 Å². The van der Waals surface area contributed by atoms with Gasteiger partial charge in [-0.25, -0.2) is 0 Å². The lowest BCUT2D eigenvalue weighted by atomic mass is 10.1. The normalized spacial score (nSPS) is 15.2. The summed E-state index contributed by atoms with van der Waals surface area (Å²) in [5.74, 6) is -0.172. The van der Waals surface area contributed by atoms with Crippen molar-refractivity contribution in [3.63, 3.8) is 0 Å². The van der Waals surface area contributed by atoms with E-state index in [4.69, 9.17) is 17.3 Å². The molecule has 0 unspecified atom stereocenters. The van der Waals surface area contributed by atoms with Gasteiger partial charge in [0.25, 0.3) is 5.91 Å².